The molecule has 4 aromatic carbocycles. The van der Waals surface area contributed by atoms with Crippen molar-refractivity contribution in [1.82, 2.24) is 0 Å². The van der Waals surface area contributed by atoms with Gasteiger partial charge in [-0.3, -0.25) is 19.2 Å². The van der Waals surface area contributed by atoms with Gasteiger partial charge in [-0.15, -0.1) is 0 Å². The monoisotopic (exact) mass is 574 g/mol. The molecular formula is C36H30O7. The standard InChI is InChI=1S/2C18H14O3.H2O/c2*1-9-4-3-5-12-11(9)6-7-13-15(12)17(20)16(19)14-10(2)8-21-18(13)14;/h2*3-7,10H,8H2,1-2H3;1H2/t2*10-;/m11./s1. The highest BCUT2D eigenvalue weighted by molar-refractivity contribution is 6.55. The first-order valence-corrected chi connectivity index (χ1v) is 14.2. The van der Waals surface area contributed by atoms with Crippen molar-refractivity contribution in [3.8, 4) is 0 Å². The van der Waals surface area contributed by atoms with Gasteiger partial charge in [-0.25, -0.2) is 0 Å². The topological polar surface area (TPSA) is 118 Å². The molecule has 0 aromatic heterocycles. The van der Waals surface area contributed by atoms with E-state index >= 15 is 0 Å². The summed E-state index contributed by atoms with van der Waals surface area (Å²) in [4.78, 5) is 50.0. The number of aryl methyl sites for hydroxylation is 2. The van der Waals surface area contributed by atoms with Crippen molar-refractivity contribution in [1.29, 1.82) is 0 Å². The van der Waals surface area contributed by atoms with E-state index in [-0.39, 0.29) is 17.3 Å². The molecule has 2 heterocycles. The SMILES string of the molecule is Cc1cccc2c3c(ccc12)C1=C(C(=O)C3=O)[C@H](C)CO1.Cc1cccc2c3c(ccc12)C1=C(C(=O)C3=O)[C@H](C)CO1.O. The molecule has 7 heteroatoms. The minimum absolute atomic E-state index is 0. The Balaban J connectivity index is 0.000000150. The van der Waals surface area contributed by atoms with E-state index in [9.17, 15) is 19.2 Å². The summed E-state index contributed by atoms with van der Waals surface area (Å²) < 4.78 is 11.4. The van der Waals surface area contributed by atoms with Crippen LogP contribution in [0.5, 0.6) is 0 Å². The molecule has 0 fully saturated rings. The molecule has 0 radical (unpaired) electrons. The summed E-state index contributed by atoms with van der Waals surface area (Å²) >= 11 is 0. The van der Waals surface area contributed by atoms with Gasteiger partial charge in [0.25, 0.3) is 0 Å². The second kappa shape index (κ2) is 10.1. The van der Waals surface area contributed by atoms with E-state index in [4.69, 9.17) is 9.47 Å². The van der Waals surface area contributed by atoms with Crippen LogP contribution in [0.3, 0.4) is 0 Å². The number of hydrogen-bond acceptors (Lipinski definition) is 6. The Morgan fingerprint density at radius 2 is 0.930 bits per heavy atom. The van der Waals surface area contributed by atoms with Gasteiger partial charge in [-0.2, -0.15) is 0 Å². The van der Waals surface area contributed by atoms with E-state index in [0.29, 0.717) is 47.0 Å². The van der Waals surface area contributed by atoms with Crippen LogP contribution in [0.25, 0.3) is 33.1 Å². The fraction of sp³-hybridized carbons (Fsp3) is 0.222. The summed E-state index contributed by atoms with van der Waals surface area (Å²) in [6, 6.07) is 19.4. The van der Waals surface area contributed by atoms with Crippen molar-refractivity contribution in [2.75, 3.05) is 13.2 Å². The van der Waals surface area contributed by atoms with Gasteiger partial charge < -0.3 is 14.9 Å². The van der Waals surface area contributed by atoms with Crippen LogP contribution < -0.4 is 0 Å². The number of rotatable bonds is 0. The zero-order chi connectivity index (χ0) is 29.4. The van der Waals surface area contributed by atoms with Crippen LogP contribution in [-0.4, -0.2) is 41.8 Å². The Kier molecular flexibility index (Phi) is 6.66. The Morgan fingerprint density at radius 1 is 0.535 bits per heavy atom. The predicted octanol–water partition coefficient (Wildman–Crippen LogP) is 5.76. The van der Waals surface area contributed by atoms with E-state index in [1.165, 1.54) is 0 Å². The first-order valence-electron chi connectivity index (χ1n) is 14.2. The van der Waals surface area contributed by atoms with Gasteiger partial charge in [-0.1, -0.05) is 62.4 Å². The van der Waals surface area contributed by atoms with E-state index < -0.39 is 23.1 Å². The number of carbonyl (C=O) groups is 4. The Bertz CT molecular complexity index is 1860. The molecule has 2 aliphatic carbocycles. The lowest BCUT2D eigenvalue weighted by molar-refractivity contribution is -0.112. The van der Waals surface area contributed by atoms with Gasteiger partial charge in [0, 0.05) is 34.1 Å². The molecule has 0 unspecified atom stereocenters. The maximum absolute atomic E-state index is 12.6. The number of ketones is 4. The molecule has 2 aliphatic heterocycles. The van der Waals surface area contributed by atoms with Crippen LogP contribution in [0.1, 0.15) is 56.8 Å². The molecule has 2 N–H and O–H groups in total. The molecule has 0 saturated heterocycles. The second-order valence-electron chi connectivity index (χ2n) is 11.5. The average Bonchev–Trinajstić information content (AvgIpc) is 3.57. The summed E-state index contributed by atoms with van der Waals surface area (Å²) in [6.07, 6.45) is 0. The molecule has 216 valence electrons. The minimum atomic E-state index is -0.406. The smallest absolute Gasteiger partial charge is 0.234 e. The summed E-state index contributed by atoms with van der Waals surface area (Å²) in [7, 11) is 0. The van der Waals surface area contributed by atoms with Crippen molar-refractivity contribution in [3.63, 3.8) is 0 Å². The molecule has 8 rings (SSSR count). The predicted molar refractivity (Wildman–Crippen MR) is 164 cm³/mol. The number of ether oxygens (including phenoxy) is 2. The molecule has 4 aromatic rings. The zero-order valence-corrected chi connectivity index (χ0v) is 24.3. The van der Waals surface area contributed by atoms with Crippen molar-refractivity contribution in [3.05, 3.63) is 105 Å². The van der Waals surface area contributed by atoms with Gasteiger partial charge >= 0.3 is 0 Å². The lowest BCUT2D eigenvalue weighted by Crippen LogP contribution is -2.25. The maximum atomic E-state index is 12.6. The fourth-order valence-electron chi connectivity index (χ4n) is 6.66. The highest BCUT2D eigenvalue weighted by Gasteiger charge is 2.42. The van der Waals surface area contributed by atoms with Crippen molar-refractivity contribution in [2.24, 2.45) is 11.8 Å². The number of hydrogen-bond donors (Lipinski definition) is 0. The highest BCUT2D eigenvalue weighted by atomic mass is 16.5. The lowest BCUT2D eigenvalue weighted by Gasteiger charge is -2.19. The van der Waals surface area contributed by atoms with Crippen LogP contribution in [0.4, 0.5) is 0 Å². The van der Waals surface area contributed by atoms with Crippen molar-refractivity contribution in [2.45, 2.75) is 27.7 Å². The number of fused-ring (bicyclic) bond motifs is 8. The average molecular weight is 575 g/mol. The molecule has 4 aliphatic rings. The van der Waals surface area contributed by atoms with Crippen LogP contribution in [-0.2, 0) is 19.1 Å². The highest BCUT2D eigenvalue weighted by Crippen LogP contribution is 2.43. The summed E-state index contributed by atoms with van der Waals surface area (Å²) in [5.41, 5.74) is 5.78. The number of benzene rings is 4. The third-order valence-corrected chi connectivity index (χ3v) is 8.83. The Hall–Kier alpha value is -4.88. The maximum Gasteiger partial charge on any atom is 0.234 e. The van der Waals surface area contributed by atoms with E-state index in [0.717, 1.165) is 43.8 Å². The van der Waals surface area contributed by atoms with Gasteiger partial charge in [0.1, 0.15) is 11.5 Å². The first kappa shape index (κ1) is 28.2. The molecule has 0 saturated carbocycles. The Morgan fingerprint density at radius 3 is 1.33 bits per heavy atom. The summed E-state index contributed by atoms with van der Waals surface area (Å²) in [5.74, 6) is -0.450. The molecule has 43 heavy (non-hydrogen) atoms. The van der Waals surface area contributed by atoms with Crippen molar-refractivity contribution < 1.29 is 34.1 Å². The van der Waals surface area contributed by atoms with Crippen LogP contribution in [0.2, 0.25) is 0 Å². The van der Waals surface area contributed by atoms with E-state index in [1.54, 1.807) is 0 Å². The van der Waals surface area contributed by atoms with E-state index in [1.807, 2.05) is 88.4 Å². The number of Topliss-reactive ketones (excluding diaryl/α,β-unsaturated/α-hetero) is 4. The quantitative estimate of drug-likeness (QED) is 0.247. The zero-order valence-electron chi connectivity index (χ0n) is 24.3. The summed E-state index contributed by atoms with van der Waals surface area (Å²) in [6.45, 7) is 8.78. The molecule has 0 amide bonds. The molecule has 7 nitrogen and oxygen atoms in total. The lowest BCUT2D eigenvalue weighted by atomic mass is 9.82. The van der Waals surface area contributed by atoms with Gasteiger partial charge in [0.15, 0.2) is 0 Å². The van der Waals surface area contributed by atoms with Crippen LogP contribution in [0.15, 0.2) is 71.8 Å². The summed E-state index contributed by atoms with van der Waals surface area (Å²) in [5, 5.41) is 3.68. The van der Waals surface area contributed by atoms with E-state index in [2.05, 4.69) is 0 Å². The number of carbonyl (C=O) groups excluding carboxylic acids is 4. The Labute approximate surface area is 248 Å². The van der Waals surface area contributed by atoms with Crippen LogP contribution in [0, 0.1) is 25.7 Å². The van der Waals surface area contributed by atoms with Gasteiger partial charge in [0.2, 0.25) is 23.1 Å². The normalized spacial score (nSPS) is 20.1. The van der Waals surface area contributed by atoms with Gasteiger partial charge in [-0.05, 0) is 58.7 Å². The molecular weight excluding hydrogens is 544 g/mol. The molecule has 2 atom stereocenters. The largest absolute Gasteiger partial charge is 0.492 e. The molecule has 0 bridgehead atoms. The third-order valence-electron chi connectivity index (χ3n) is 8.83. The van der Waals surface area contributed by atoms with Gasteiger partial charge in [0.05, 0.1) is 24.4 Å². The van der Waals surface area contributed by atoms with Crippen LogP contribution >= 0.6 is 0 Å². The minimum Gasteiger partial charge on any atom is -0.492 e. The molecule has 0 spiro atoms. The fourth-order valence-corrected chi connectivity index (χ4v) is 6.66. The third kappa shape index (κ3) is 3.99. The first-order chi connectivity index (χ1) is 20.2. The second-order valence-corrected chi connectivity index (χ2v) is 11.5. The van der Waals surface area contributed by atoms with Crippen molar-refractivity contribution >= 4 is 56.2 Å².